The summed E-state index contributed by atoms with van der Waals surface area (Å²) in [5.74, 6) is -1.54. The number of thioether (sulfide) groups is 1. The molecule has 0 aliphatic rings. The number of carbonyl (C=O) groups excluding carboxylic acids is 2. The molecule has 7 heteroatoms. The summed E-state index contributed by atoms with van der Waals surface area (Å²) in [6, 6.07) is 11.5. The van der Waals surface area contributed by atoms with Crippen molar-refractivity contribution in [3.63, 3.8) is 0 Å². The molecule has 2 rings (SSSR count). The first-order chi connectivity index (χ1) is 11.5. The summed E-state index contributed by atoms with van der Waals surface area (Å²) in [5.41, 5.74) is 1.10. The third-order valence-electron chi connectivity index (χ3n) is 2.99. The molecule has 0 spiro atoms. The Bertz CT molecular complexity index is 754. The molecule has 24 heavy (non-hydrogen) atoms. The number of hydrogen-bond acceptors (Lipinski definition) is 4. The van der Waals surface area contributed by atoms with Gasteiger partial charge < -0.3 is 10.1 Å². The van der Waals surface area contributed by atoms with Crippen LogP contribution < -0.4 is 5.32 Å². The zero-order chi connectivity index (χ0) is 17.5. The van der Waals surface area contributed by atoms with Gasteiger partial charge >= 0.3 is 5.97 Å². The van der Waals surface area contributed by atoms with E-state index < -0.39 is 24.3 Å². The van der Waals surface area contributed by atoms with Crippen LogP contribution in [0.15, 0.2) is 51.8 Å². The lowest BCUT2D eigenvalue weighted by molar-refractivity contribution is -0.144. The van der Waals surface area contributed by atoms with Crippen molar-refractivity contribution in [1.82, 2.24) is 0 Å². The van der Waals surface area contributed by atoms with E-state index in [0.717, 1.165) is 14.9 Å². The van der Waals surface area contributed by atoms with Crippen LogP contribution in [0.2, 0.25) is 0 Å². The molecule has 4 nitrogen and oxygen atoms in total. The summed E-state index contributed by atoms with van der Waals surface area (Å²) in [5, 5.41) is 2.35. The van der Waals surface area contributed by atoms with E-state index in [1.165, 1.54) is 30.0 Å². The van der Waals surface area contributed by atoms with Crippen molar-refractivity contribution >= 4 is 45.3 Å². The Hall–Kier alpha value is -1.86. The quantitative estimate of drug-likeness (QED) is 0.572. The molecule has 0 bridgehead atoms. The Morgan fingerprint density at radius 2 is 2.00 bits per heavy atom. The van der Waals surface area contributed by atoms with Crippen LogP contribution in [0.1, 0.15) is 5.56 Å². The van der Waals surface area contributed by atoms with Crippen LogP contribution >= 0.6 is 27.7 Å². The van der Waals surface area contributed by atoms with Crippen LogP contribution in [-0.4, -0.2) is 24.2 Å². The summed E-state index contributed by atoms with van der Waals surface area (Å²) in [6.07, 6.45) is 0. The predicted octanol–water partition coefficient (Wildman–Crippen LogP) is 4.17. The fourth-order valence-corrected chi connectivity index (χ4v) is 3.13. The van der Waals surface area contributed by atoms with E-state index in [1.807, 2.05) is 25.1 Å². The van der Waals surface area contributed by atoms with Gasteiger partial charge in [0.2, 0.25) is 0 Å². The molecule has 0 aliphatic carbocycles. The van der Waals surface area contributed by atoms with E-state index >= 15 is 0 Å². The number of amides is 1. The van der Waals surface area contributed by atoms with Gasteiger partial charge in [-0.05, 0) is 42.8 Å². The van der Waals surface area contributed by atoms with Crippen molar-refractivity contribution in [1.29, 1.82) is 0 Å². The largest absolute Gasteiger partial charge is 0.455 e. The number of para-hydroxylation sites is 1. The third-order valence-corrected chi connectivity index (χ3v) is 4.64. The minimum atomic E-state index is -0.585. The van der Waals surface area contributed by atoms with Crippen LogP contribution in [0.4, 0.5) is 10.1 Å². The first-order valence-electron chi connectivity index (χ1n) is 7.04. The molecule has 2 aromatic carbocycles. The van der Waals surface area contributed by atoms with Crippen molar-refractivity contribution < 1.29 is 18.7 Å². The molecule has 1 N–H and O–H groups in total. The fraction of sp³-hybridized carbons (Fsp3) is 0.176. The summed E-state index contributed by atoms with van der Waals surface area (Å²) in [4.78, 5) is 24.3. The SMILES string of the molecule is Cc1cc(Br)ccc1SCC(=O)OCC(=O)Nc1ccccc1F. The van der Waals surface area contributed by atoms with Crippen molar-refractivity contribution in [2.24, 2.45) is 0 Å². The van der Waals surface area contributed by atoms with Crippen LogP contribution in [0.3, 0.4) is 0 Å². The van der Waals surface area contributed by atoms with E-state index in [1.54, 1.807) is 6.07 Å². The second kappa shape index (κ2) is 8.84. The summed E-state index contributed by atoms with van der Waals surface area (Å²) >= 11 is 4.71. The Kier molecular flexibility index (Phi) is 6.81. The lowest BCUT2D eigenvalue weighted by Gasteiger charge is -2.08. The molecule has 0 radical (unpaired) electrons. The average molecular weight is 412 g/mol. The lowest BCUT2D eigenvalue weighted by Crippen LogP contribution is -2.22. The molecule has 0 heterocycles. The van der Waals surface area contributed by atoms with Gasteiger partial charge in [0.15, 0.2) is 6.61 Å². The molecule has 0 aliphatic heterocycles. The van der Waals surface area contributed by atoms with Crippen molar-refractivity contribution in [2.45, 2.75) is 11.8 Å². The van der Waals surface area contributed by atoms with E-state index in [2.05, 4.69) is 21.2 Å². The molecule has 0 aromatic heterocycles. The number of rotatable bonds is 6. The molecule has 126 valence electrons. The highest BCUT2D eigenvalue weighted by Crippen LogP contribution is 2.25. The first-order valence-corrected chi connectivity index (χ1v) is 8.82. The third kappa shape index (κ3) is 5.65. The molecule has 0 saturated heterocycles. The van der Waals surface area contributed by atoms with E-state index in [4.69, 9.17) is 4.74 Å². The van der Waals surface area contributed by atoms with Gasteiger partial charge in [0.1, 0.15) is 5.82 Å². The maximum absolute atomic E-state index is 13.4. The van der Waals surface area contributed by atoms with Gasteiger partial charge in [0, 0.05) is 9.37 Å². The highest BCUT2D eigenvalue weighted by molar-refractivity contribution is 9.10. The zero-order valence-corrected chi connectivity index (χ0v) is 15.2. The Morgan fingerprint density at radius 1 is 1.25 bits per heavy atom. The molecule has 1 amide bonds. The zero-order valence-electron chi connectivity index (χ0n) is 12.8. The number of ether oxygens (including phenoxy) is 1. The van der Waals surface area contributed by atoms with Crippen LogP contribution in [-0.2, 0) is 14.3 Å². The van der Waals surface area contributed by atoms with Crippen molar-refractivity contribution in [2.75, 3.05) is 17.7 Å². The second-order valence-corrected chi connectivity index (χ2v) is 6.82. The van der Waals surface area contributed by atoms with Crippen molar-refractivity contribution in [3.8, 4) is 0 Å². The number of esters is 1. The van der Waals surface area contributed by atoms with Gasteiger partial charge in [-0.1, -0.05) is 28.1 Å². The molecular formula is C17H15BrFNO3S. The maximum atomic E-state index is 13.4. The minimum Gasteiger partial charge on any atom is -0.455 e. The molecule has 0 unspecified atom stereocenters. The number of nitrogens with one attached hydrogen (secondary N) is 1. The summed E-state index contributed by atoms with van der Waals surface area (Å²) < 4.78 is 19.3. The molecule has 0 atom stereocenters. The van der Waals surface area contributed by atoms with Gasteiger partial charge in [-0.25, -0.2) is 4.39 Å². The van der Waals surface area contributed by atoms with Gasteiger partial charge in [0.05, 0.1) is 11.4 Å². The Balaban J connectivity index is 1.76. The summed E-state index contributed by atoms with van der Waals surface area (Å²) in [6.45, 7) is 1.49. The molecule has 2 aromatic rings. The standard InChI is InChI=1S/C17H15BrFNO3S/c1-11-8-12(18)6-7-15(11)24-10-17(22)23-9-16(21)20-14-5-3-2-4-13(14)19/h2-8H,9-10H2,1H3,(H,20,21). The highest BCUT2D eigenvalue weighted by Gasteiger charge is 2.11. The monoisotopic (exact) mass is 411 g/mol. The fourth-order valence-electron chi connectivity index (χ4n) is 1.85. The maximum Gasteiger partial charge on any atom is 0.316 e. The van der Waals surface area contributed by atoms with Gasteiger partial charge in [-0.2, -0.15) is 0 Å². The van der Waals surface area contributed by atoms with Crippen LogP contribution in [0.25, 0.3) is 0 Å². The second-order valence-electron chi connectivity index (χ2n) is 4.89. The minimum absolute atomic E-state index is 0.0541. The Morgan fingerprint density at radius 3 is 2.71 bits per heavy atom. The topological polar surface area (TPSA) is 55.4 Å². The van der Waals surface area contributed by atoms with E-state index in [-0.39, 0.29) is 11.4 Å². The van der Waals surface area contributed by atoms with Crippen LogP contribution in [0, 0.1) is 12.7 Å². The molecule has 0 fully saturated rings. The van der Waals surface area contributed by atoms with Crippen molar-refractivity contribution in [3.05, 3.63) is 58.3 Å². The number of halogens is 2. The Labute approximate surface area is 151 Å². The van der Waals surface area contributed by atoms with Gasteiger partial charge in [-0.3, -0.25) is 9.59 Å². The number of aryl methyl sites for hydroxylation is 1. The lowest BCUT2D eigenvalue weighted by atomic mass is 10.2. The predicted molar refractivity (Wildman–Crippen MR) is 95.6 cm³/mol. The normalized spacial score (nSPS) is 10.3. The van der Waals surface area contributed by atoms with E-state index in [0.29, 0.717) is 0 Å². The van der Waals surface area contributed by atoms with E-state index in [9.17, 15) is 14.0 Å². The average Bonchev–Trinajstić information content (AvgIpc) is 2.54. The number of anilines is 1. The first kappa shape index (κ1) is 18.5. The molecule has 0 saturated carbocycles. The molecular weight excluding hydrogens is 397 g/mol. The number of hydrogen-bond donors (Lipinski definition) is 1. The number of benzene rings is 2. The van der Waals surface area contributed by atoms with Gasteiger partial charge in [-0.15, -0.1) is 11.8 Å². The highest BCUT2D eigenvalue weighted by atomic mass is 79.9. The number of carbonyl (C=O) groups is 2. The van der Waals surface area contributed by atoms with Gasteiger partial charge in [0.25, 0.3) is 5.91 Å². The van der Waals surface area contributed by atoms with Crippen LogP contribution in [0.5, 0.6) is 0 Å². The summed E-state index contributed by atoms with van der Waals surface area (Å²) in [7, 11) is 0. The smallest absolute Gasteiger partial charge is 0.316 e.